The molecule has 5 nitrogen and oxygen atoms in total. The van der Waals surface area contributed by atoms with Gasteiger partial charge in [0.2, 0.25) is 5.91 Å². The van der Waals surface area contributed by atoms with Gasteiger partial charge in [0.25, 0.3) is 0 Å². The van der Waals surface area contributed by atoms with Gasteiger partial charge in [-0.25, -0.2) is 0 Å². The molecule has 1 amide bonds. The first-order valence-corrected chi connectivity index (χ1v) is 7.66. The van der Waals surface area contributed by atoms with E-state index in [-0.39, 0.29) is 17.9 Å². The number of rotatable bonds is 8. The largest absolute Gasteiger partial charge is 0.481 e. The van der Waals surface area contributed by atoms with Crippen molar-refractivity contribution in [2.24, 2.45) is 23.5 Å². The molecule has 4 N–H and O–H groups in total. The van der Waals surface area contributed by atoms with E-state index in [1.54, 1.807) is 0 Å². The van der Waals surface area contributed by atoms with Gasteiger partial charge in [0.15, 0.2) is 0 Å². The molecule has 1 unspecified atom stereocenters. The number of carbonyl (C=O) groups is 2. The van der Waals surface area contributed by atoms with Crippen LogP contribution >= 0.6 is 0 Å². The van der Waals surface area contributed by atoms with E-state index in [0.29, 0.717) is 37.6 Å². The summed E-state index contributed by atoms with van der Waals surface area (Å²) in [6, 6.07) is 0.0376. The fraction of sp³-hybridized carbons (Fsp3) is 0.867. The van der Waals surface area contributed by atoms with E-state index >= 15 is 0 Å². The van der Waals surface area contributed by atoms with Crippen molar-refractivity contribution in [3.05, 3.63) is 0 Å². The number of carboxylic acids is 1. The van der Waals surface area contributed by atoms with E-state index in [4.69, 9.17) is 10.8 Å². The molecule has 1 fully saturated rings. The standard InChI is InChI=1S/C15H28N2O3/c1-10(2)11(7-8-16)4-6-14(18)17-13-5-3-12(9-13)15(19)20/h10-13H,3-9,16H2,1-2H3,(H,17,18)(H,19,20)/t11?,12-,13+/m1/s1. The molecule has 3 atom stereocenters. The lowest BCUT2D eigenvalue weighted by molar-refractivity contribution is -0.141. The van der Waals surface area contributed by atoms with Crippen molar-refractivity contribution in [1.82, 2.24) is 5.32 Å². The molecule has 1 aliphatic rings. The minimum atomic E-state index is -0.746. The average Bonchev–Trinajstić information content (AvgIpc) is 2.82. The van der Waals surface area contributed by atoms with Crippen molar-refractivity contribution in [1.29, 1.82) is 0 Å². The molecule has 20 heavy (non-hydrogen) atoms. The summed E-state index contributed by atoms with van der Waals surface area (Å²) < 4.78 is 0. The lowest BCUT2D eigenvalue weighted by atomic mass is 9.88. The van der Waals surface area contributed by atoms with Gasteiger partial charge in [0.05, 0.1) is 5.92 Å². The number of hydrogen-bond donors (Lipinski definition) is 3. The summed E-state index contributed by atoms with van der Waals surface area (Å²) >= 11 is 0. The summed E-state index contributed by atoms with van der Waals surface area (Å²) in [5.41, 5.74) is 5.59. The number of amides is 1. The third kappa shape index (κ3) is 5.49. The Bertz CT molecular complexity index is 331. The Morgan fingerprint density at radius 2 is 2.00 bits per heavy atom. The molecule has 1 aliphatic carbocycles. The second kappa shape index (κ2) is 8.25. The molecule has 0 heterocycles. The molecule has 0 bridgehead atoms. The number of nitrogens with two attached hydrogens (primary N) is 1. The van der Waals surface area contributed by atoms with E-state index in [2.05, 4.69) is 19.2 Å². The van der Waals surface area contributed by atoms with Crippen LogP contribution in [0.25, 0.3) is 0 Å². The molecule has 0 spiro atoms. The number of hydrogen-bond acceptors (Lipinski definition) is 3. The maximum Gasteiger partial charge on any atom is 0.306 e. The summed E-state index contributed by atoms with van der Waals surface area (Å²) in [4.78, 5) is 22.8. The first-order valence-electron chi connectivity index (χ1n) is 7.66. The number of carbonyl (C=O) groups excluding carboxylic acids is 1. The third-order valence-electron chi connectivity index (χ3n) is 4.37. The van der Waals surface area contributed by atoms with Crippen LogP contribution in [0, 0.1) is 17.8 Å². The van der Waals surface area contributed by atoms with Crippen LogP contribution in [0.15, 0.2) is 0 Å². The molecular formula is C15H28N2O3. The Morgan fingerprint density at radius 1 is 1.30 bits per heavy atom. The number of nitrogens with one attached hydrogen (secondary N) is 1. The highest BCUT2D eigenvalue weighted by Gasteiger charge is 2.30. The monoisotopic (exact) mass is 284 g/mol. The van der Waals surface area contributed by atoms with Gasteiger partial charge in [-0.05, 0) is 50.5 Å². The Labute approximate surface area is 121 Å². The summed E-state index contributed by atoms with van der Waals surface area (Å²) in [6.45, 7) is 4.98. The lowest BCUT2D eigenvalue weighted by Gasteiger charge is -2.20. The summed E-state index contributed by atoms with van der Waals surface area (Å²) in [6.07, 6.45) is 4.33. The van der Waals surface area contributed by atoms with Gasteiger partial charge in [0, 0.05) is 12.5 Å². The molecule has 1 saturated carbocycles. The summed E-state index contributed by atoms with van der Waals surface area (Å²) in [5, 5.41) is 11.9. The normalized spacial score (nSPS) is 23.8. The van der Waals surface area contributed by atoms with Crippen molar-refractivity contribution in [3.63, 3.8) is 0 Å². The average molecular weight is 284 g/mol. The first-order chi connectivity index (χ1) is 9.43. The van der Waals surface area contributed by atoms with Crippen molar-refractivity contribution in [3.8, 4) is 0 Å². The van der Waals surface area contributed by atoms with Gasteiger partial charge in [-0.1, -0.05) is 13.8 Å². The summed E-state index contributed by atoms with van der Waals surface area (Å²) in [7, 11) is 0. The number of carboxylic acid groups (broad SMARTS) is 1. The van der Waals surface area contributed by atoms with Crippen LogP contribution in [-0.2, 0) is 9.59 Å². The van der Waals surface area contributed by atoms with Gasteiger partial charge < -0.3 is 16.2 Å². The minimum Gasteiger partial charge on any atom is -0.481 e. The van der Waals surface area contributed by atoms with Crippen LogP contribution in [0.4, 0.5) is 0 Å². The van der Waals surface area contributed by atoms with Crippen LogP contribution in [0.1, 0.15) is 52.4 Å². The second-order valence-corrected chi connectivity index (χ2v) is 6.23. The zero-order valence-corrected chi connectivity index (χ0v) is 12.6. The van der Waals surface area contributed by atoms with E-state index in [0.717, 1.165) is 19.3 Å². The predicted octanol–water partition coefficient (Wildman–Crippen LogP) is 1.76. The van der Waals surface area contributed by atoms with Crippen molar-refractivity contribution >= 4 is 11.9 Å². The fourth-order valence-corrected chi connectivity index (χ4v) is 2.98. The van der Waals surface area contributed by atoms with Crippen LogP contribution in [0.3, 0.4) is 0 Å². The Balaban J connectivity index is 2.28. The second-order valence-electron chi connectivity index (χ2n) is 6.23. The first kappa shape index (κ1) is 17.0. The zero-order valence-electron chi connectivity index (χ0n) is 12.6. The molecule has 0 aromatic heterocycles. The van der Waals surface area contributed by atoms with Gasteiger partial charge in [0.1, 0.15) is 0 Å². The van der Waals surface area contributed by atoms with E-state index in [1.807, 2.05) is 0 Å². The Morgan fingerprint density at radius 3 is 2.50 bits per heavy atom. The molecular weight excluding hydrogens is 256 g/mol. The molecule has 5 heteroatoms. The molecule has 1 rings (SSSR count). The van der Waals surface area contributed by atoms with E-state index in [1.165, 1.54) is 0 Å². The summed E-state index contributed by atoms with van der Waals surface area (Å²) in [5.74, 6) is 0.0320. The van der Waals surface area contributed by atoms with Crippen molar-refractivity contribution in [2.75, 3.05) is 6.54 Å². The van der Waals surface area contributed by atoms with Gasteiger partial charge in [-0.15, -0.1) is 0 Å². The molecule has 0 aromatic carbocycles. The smallest absolute Gasteiger partial charge is 0.306 e. The van der Waals surface area contributed by atoms with E-state index < -0.39 is 5.97 Å². The van der Waals surface area contributed by atoms with Crippen molar-refractivity contribution < 1.29 is 14.7 Å². The van der Waals surface area contributed by atoms with Gasteiger partial charge in [-0.2, -0.15) is 0 Å². The molecule has 0 aromatic rings. The van der Waals surface area contributed by atoms with Crippen LogP contribution in [-0.4, -0.2) is 29.6 Å². The van der Waals surface area contributed by atoms with Crippen molar-refractivity contribution in [2.45, 2.75) is 58.4 Å². The SMILES string of the molecule is CC(C)C(CCN)CCC(=O)N[C@H]1CC[C@@H](C(=O)O)C1. The zero-order chi connectivity index (χ0) is 15.1. The van der Waals surface area contributed by atoms with Crippen LogP contribution in [0.5, 0.6) is 0 Å². The highest BCUT2D eigenvalue weighted by molar-refractivity contribution is 5.76. The van der Waals surface area contributed by atoms with Gasteiger partial charge in [-0.3, -0.25) is 9.59 Å². The quantitative estimate of drug-likeness (QED) is 0.633. The minimum absolute atomic E-state index is 0.0376. The maximum atomic E-state index is 11.9. The van der Waals surface area contributed by atoms with E-state index in [9.17, 15) is 9.59 Å². The predicted molar refractivity (Wildman–Crippen MR) is 78.1 cm³/mol. The third-order valence-corrected chi connectivity index (χ3v) is 4.37. The highest BCUT2D eigenvalue weighted by atomic mass is 16.4. The maximum absolute atomic E-state index is 11.9. The molecule has 0 aliphatic heterocycles. The van der Waals surface area contributed by atoms with Crippen LogP contribution < -0.4 is 11.1 Å². The highest BCUT2D eigenvalue weighted by Crippen LogP contribution is 2.26. The fourth-order valence-electron chi connectivity index (χ4n) is 2.98. The Hall–Kier alpha value is -1.10. The molecule has 0 radical (unpaired) electrons. The molecule has 0 saturated heterocycles. The topological polar surface area (TPSA) is 92.4 Å². The van der Waals surface area contributed by atoms with Crippen LogP contribution in [0.2, 0.25) is 0 Å². The lowest BCUT2D eigenvalue weighted by Crippen LogP contribution is -2.33. The number of aliphatic carboxylic acids is 1. The van der Waals surface area contributed by atoms with Gasteiger partial charge >= 0.3 is 5.97 Å². The molecule has 116 valence electrons. The Kier molecular flexibility index (Phi) is 6.99.